The molecular formula is C19H19Cl2N3OS. The molecule has 0 aliphatic rings. The van der Waals surface area contributed by atoms with Crippen molar-refractivity contribution in [3.05, 3.63) is 70.0 Å². The van der Waals surface area contributed by atoms with Gasteiger partial charge in [0.1, 0.15) is 5.75 Å². The van der Waals surface area contributed by atoms with Crippen molar-refractivity contribution in [3.63, 3.8) is 0 Å². The average molecular weight is 408 g/mol. The molecule has 4 nitrogen and oxygen atoms in total. The molecule has 0 amide bonds. The van der Waals surface area contributed by atoms with Crippen molar-refractivity contribution in [1.29, 1.82) is 0 Å². The largest absolute Gasteiger partial charge is 0.483 e. The Morgan fingerprint density at radius 2 is 1.92 bits per heavy atom. The number of hydrogen-bond acceptors (Lipinski definition) is 4. The lowest BCUT2D eigenvalue weighted by Gasteiger charge is -2.15. The van der Waals surface area contributed by atoms with E-state index in [4.69, 9.17) is 27.9 Å². The number of halogens is 2. The molecule has 0 bridgehead atoms. The summed E-state index contributed by atoms with van der Waals surface area (Å²) in [5.41, 5.74) is 1.08. The van der Waals surface area contributed by atoms with Crippen LogP contribution in [0.2, 0.25) is 10.0 Å². The second kappa shape index (κ2) is 8.80. The fourth-order valence-corrected chi connectivity index (χ4v) is 4.04. The van der Waals surface area contributed by atoms with Gasteiger partial charge in [0, 0.05) is 22.3 Å². The van der Waals surface area contributed by atoms with Gasteiger partial charge in [0.15, 0.2) is 17.1 Å². The lowest BCUT2D eigenvalue weighted by molar-refractivity contribution is 0.210. The third-order valence-electron chi connectivity index (χ3n) is 3.85. The Bertz CT molecular complexity index is 885. The van der Waals surface area contributed by atoms with Crippen LogP contribution in [0.15, 0.2) is 53.7 Å². The molecule has 7 heteroatoms. The molecule has 26 heavy (non-hydrogen) atoms. The van der Waals surface area contributed by atoms with Gasteiger partial charge >= 0.3 is 0 Å². The van der Waals surface area contributed by atoms with Crippen LogP contribution >= 0.6 is 35.0 Å². The van der Waals surface area contributed by atoms with Gasteiger partial charge in [0.2, 0.25) is 0 Å². The van der Waals surface area contributed by atoms with Gasteiger partial charge in [-0.15, -0.1) is 10.2 Å². The summed E-state index contributed by atoms with van der Waals surface area (Å²) in [6.07, 6.45) is -0.240. The topological polar surface area (TPSA) is 39.9 Å². The molecule has 1 heterocycles. The van der Waals surface area contributed by atoms with E-state index in [1.807, 2.05) is 49.4 Å². The maximum atomic E-state index is 6.24. The highest BCUT2D eigenvalue weighted by atomic mass is 35.5. The van der Waals surface area contributed by atoms with Crippen LogP contribution in [0.5, 0.6) is 5.75 Å². The monoisotopic (exact) mass is 407 g/mol. The minimum absolute atomic E-state index is 0.240. The van der Waals surface area contributed by atoms with Crippen LogP contribution in [-0.4, -0.2) is 14.8 Å². The zero-order valence-corrected chi connectivity index (χ0v) is 16.9. The summed E-state index contributed by atoms with van der Waals surface area (Å²) < 4.78 is 8.05. The normalized spacial score (nSPS) is 12.2. The zero-order valence-electron chi connectivity index (χ0n) is 14.5. The Hall–Kier alpha value is -1.69. The van der Waals surface area contributed by atoms with Gasteiger partial charge in [-0.3, -0.25) is 0 Å². The molecule has 0 aliphatic carbocycles. The molecule has 3 aromatic rings. The van der Waals surface area contributed by atoms with Crippen LogP contribution in [0.3, 0.4) is 0 Å². The lowest BCUT2D eigenvalue weighted by Crippen LogP contribution is -2.12. The zero-order chi connectivity index (χ0) is 18.5. The third-order valence-corrected chi connectivity index (χ3v) is 5.47. The fourth-order valence-electron chi connectivity index (χ4n) is 2.56. The van der Waals surface area contributed by atoms with Crippen LogP contribution in [-0.2, 0) is 12.3 Å². The summed E-state index contributed by atoms with van der Waals surface area (Å²) in [4.78, 5) is 0. The summed E-state index contributed by atoms with van der Waals surface area (Å²) in [5, 5.41) is 10.9. The van der Waals surface area contributed by atoms with E-state index in [-0.39, 0.29) is 6.10 Å². The van der Waals surface area contributed by atoms with E-state index in [2.05, 4.69) is 21.7 Å². The van der Waals surface area contributed by atoms with Crippen molar-refractivity contribution < 1.29 is 4.74 Å². The molecule has 0 radical (unpaired) electrons. The van der Waals surface area contributed by atoms with Crippen LogP contribution in [0.1, 0.15) is 31.3 Å². The van der Waals surface area contributed by atoms with Gasteiger partial charge in [-0.25, -0.2) is 0 Å². The predicted molar refractivity (Wildman–Crippen MR) is 107 cm³/mol. The molecule has 0 saturated carbocycles. The van der Waals surface area contributed by atoms with E-state index < -0.39 is 0 Å². The molecule has 1 unspecified atom stereocenters. The molecule has 136 valence electrons. The first-order valence-corrected chi connectivity index (χ1v) is 10.0. The Balaban J connectivity index is 1.74. The van der Waals surface area contributed by atoms with Crippen molar-refractivity contribution in [2.75, 3.05) is 0 Å². The van der Waals surface area contributed by atoms with Crippen LogP contribution < -0.4 is 4.74 Å². The van der Waals surface area contributed by atoms with Crippen molar-refractivity contribution in [3.8, 4) is 5.75 Å². The standard InChI is InChI=1S/C19H19Cl2N3OS/c1-3-24-18(13(2)25-16-9-6-8-15(20)11-16)22-23-19(24)26-12-14-7-4-5-10-17(14)21/h4-11,13H,3,12H2,1-2H3. The number of hydrogen-bond donors (Lipinski definition) is 0. The summed E-state index contributed by atoms with van der Waals surface area (Å²) in [6.45, 7) is 4.79. The minimum atomic E-state index is -0.240. The second-order valence-corrected chi connectivity index (χ2v) is 7.47. The predicted octanol–water partition coefficient (Wildman–Crippen LogP) is 6.04. The molecule has 0 N–H and O–H groups in total. The van der Waals surface area contributed by atoms with Gasteiger partial charge in [0.05, 0.1) is 0 Å². The maximum Gasteiger partial charge on any atom is 0.191 e. The number of thioether (sulfide) groups is 1. The third kappa shape index (κ3) is 4.53. The SMILES string of the molecule is CCn1c(SCc2ccccc2Cl)nnc1C(C)Oc1cccc(Cl)c1. The van der Waals surface area contributed by atoms with E-state index in [1.165, 1.54) is 0 Å². The van der Waals surface area contributed by atoms with Gasteiger partial charge in [-0.1, -0.05) is 59.2 Å². The van der Waals surface area contributed by atoms with Crippen LogP contribution in [0.25, 0.3) is 0 Å². The number of rotatable bonds is 7. The van der Waals surface area contributed by atoms with E-state index in [1.54, 1.807) is 17.8 Å². The highest BCUT2D eigenvalue weighted by Gasteiger charge is 2.19. The number of ether oxygens (including phenoxy) is 1. The van der Waals surface area contributed by atoms with Gasteiger partial charge in [0.25, 0.3) is 0 Å². The smallest absolute Gasteiger partial charge is 0.191 e. The van der Waals surface area contributed by atoms with Gasteiger partial charge in [-0.05, 0) is 43.7 Å². The van der Waals surface area contributed by atoms with E-state index in [0.29, 0.717) is 10.8 Å². The molecule has 2 aromatic carbocycles. The fraction of sp³-hybridized carbons (Fsp3) is 0.263. The molecule has 0 spiro atoms. The molecule has 3 rings (SSSR count). The summed E-state index contributed by atoms with van der Waals surface area (Å²) in [6, 6.07) is 15.2. The Kier molecular flexibility index (Phi) is 6.46. The second-order valence-electron chi connectivity index (χ2n) is 5.68. The van der Waals surface area contributed by atoms with E-state index in [9.17, 15) is 0 Å². The molecule has 0 saturated heterocycles. The summed E-state index contributed by atoms with van der Waals surface area (Å²) >= 11 is 13.9. The van der Waals surface area contributed by atoms with Gasteiger partial charge < -0.3 is 9.30 Å². The first-order valence-electron chi connectivity index (χ1n) is 8.30. The lowest BCUT2D eigenvalue weighted by atomic mass is 10.2. The van der Waals surface area contributed by atoms with Crippen LogP contribution in [0.4, 0.5) is 0 Å². The van der Waals surface area contributed by atoms with Crippen molar-refractivity contribution in [2.45, 2.75) is 37.4 Å². The average Bonchev–Trinajstić information content (AvgIpc) is 3.04. The van der Waals surface area contributed by atoms with E-state index >= 15 is 0 Å². The molecule has 0 fully saturated rings. The number of benzene rings is 2. The Morgan fingerprint density at radius 1 is 1.12 bits per heavy atom. The molecular weight excluding hydrogens is 389 g/mol. The Morgan fingerprint density at radius 3 is 2.65 bits per heavy atom. The first kappa shape index (κ1) is 19.1. The maximum absolute atomic E-state index is 6.24. The highest BCUT2D eigenvalue weighted by molar-refractivity contribution is 7.98. The highest BCUT2D eigenvalue weighted by Crippen LogP contribution is 2.29. The minimum Gasteiger partial charge on any atom is -0.483 e. The quantitative estimate of drug-likeness (QED) is 0.447. The molecule has 1 atom stereocenters. The first-order chi connectivity index (χ1) is 12.6. The van der Waals surface area contributed by atoms with Crippen molar-refractivity contribution >= 4 is 35.0 Å². The summed E-state index contributed by atoms with van der Waals surface area (Å²) in [5.74, 6) is 2.23. The number of nitrogens with zero attached hydrogens (tertiary/aromatic N) is 3. The van der Waals surface area contributed by atoms with Crippen molar-refractivity contribution in [1.82, 2.24) is 14.8 Å². The van der Waals surface area contributed by atoms with Crippen molar-refractivity contribution in [2.24, 2.45) is 0 Å². The molecule has 1 aromatic heterocycles. The number of aromatic nitrogens is 3. The van der Waals surface area contributed by atoms with Crippen LogP contribution in [0, 0.1) is 0 Å². The Labute approximate surface area is 167 Å². The van der Waals surface area contributed by atoms with Gasteiger partial charge in [-0.2, -0.15) is 0 Å². The molecule has 0 aliphatic heterocycles. The summed E-state index contributed by atoms with van der Waals surface area (Å²) in [7, 11) is 0. The van der Waals surface area contributed by atoms with E-state index in [0.717, 1.165) is 33.9 Å².